The molecule has 1 aliphatic rings. The minimum Gasteiger partial charge on any atom is -0.378 e. The Morgan fingerprint density at radius 3 is 2.56 bits per heavy atom. The molecule has 1 unspecified atom stereocenters. The van der Waals surface area contributed by atoms with Crippen LogP contribution in [0.5, 0.6) is 0 Å². The summed E-state index contributed by atoms with van der Waals surface area (Å²) in [6.45, 7) is 3.75. The third kappa shape index (κ3) is 4.89. The van der Waals surface area contributed by atoms with Gasteiger partial charge in [-0.2, -0.15) is 5.26 Å². The summed E-state index contributed by atoms with van der Waals surface area (Å²) in [6, 6.07) is 12.7. The van der Waals surface area contributed by atoms with Gasteiger partial charge in [-0.25, -0.2) is 9.97 Å². The zero-order valence-electron chi connectivity index (χ0n) is 18.2. The van der Waals surface area contributed by atoms with Crippen LogP contribution in [-0.2, 0) is 4.74 Å². The Labute approximate surface area is 206 Å². The summed E-state index contributed by atoms with van der Waals surface area (Å²) in [4.78, 5) is 21.5. The fraction of sp³-hybridized carbons (Fsp3) is 0.261. The first-order valence-corrected chi connectivity index (χ1v) is 11.2. The van der Waals surface area contributed by atoms with Gasteiger partial charge in [-0.1, -0.05) is 41.4 Å². The number of halogens is 2. The molecule has 34 heavy (non-hydrogen) atoms. The van der Waals surface area contributed by atoms with Crippen molar-refractivity contribution in [3.63, 3.8) is 0 Å². The fourth-order valence-corrected chi connectivity index (χ4v) is 4.20. The van der Waals surface area contributed by atoms with Crippen LogP contribution >= 0.6 is 23.2 Å². The van der Waals surface area contributed by atoms with Gasteiger partial charge < -0.3 is 15.0 Å². The van der Waals surface area contributed by atoms with E-state index in [1.807, 2.05) is 6.92 Å². The summed E-state index contributed by atoms with van der Waals surface area (Å²) in [5, 5.41) is 25.7. The molecule has 0 spiro atoms. The average molecular weight is 499 g/mol. The number of nitriles is 1. The Morgan fingerprint density at radius 2 is 1.91 bits per heavy atom. The van der Waals surface area contributed by atoms with Gasteiger partial charge >= 0.3 is 5.69 Å². The lowest BCUT2D eigenvalue weighted by molar-refractivity contribution is -0.383. The lowest BCUT2D eigenvalue weighted by Gasteiger charge is -2.27. The van der Waals surface area contributed by atoms with E-state index in [0.717, 1.165) is 11.1 Å². The van der Waals surface area contributed by atoms with Crippen LogP contribution in [0.4, 0.5) is 23.0 Å². The number of ether oxygens (including phenoxy) is 1. The summed E-state index contributed by atoms with van der Waals surface area (Å²) in [5.41, 5.74) is 2.45. The normalized spacial score (nSPS) is 14.4. The number of aryl methyl sites for hydroxylation is 1. The highest BCUT2D eigenvalue weighted by atomic mass is 35.5. The van der Waals surface area contributed by atoms with E-state index in [4.69, 9.17) is 27.9 Å². The molecule has 0 bridgehead atoms. The van der Waals surface area contributed by atoms with Crippen molar-refractivity contribution in [2.75, 3.05) is 36.5 Å². The van der Waals surface area contributed by atoms with E-state index in [-0.39, 0.29) is 17.3 Å². The van der Waals surface area contributed by atoms with Crippen molar-refractivity contribution in [3.8, 4) is 6.07 Å². The Hall–Kier alpha value is -3.45. The number of aromatic nitrogens is 2. The fourth-order valence-electron chi connectivity index (χ4n) is 3.80. The SMILES string of the molecule is Cc1cc(C(C#N)c2ccc(Cl)cc2)c(Cl)cc1Nc1ncnc(N2CCOCC2)c1[N+](=O)[O-]. The number of benzene rings is 2. The third-order valence-electron chi connectivity index (χ3n) is 5.54. The predicted octanol–water partition coefficient (Wildman–Crippen LogP) is 5.24. The topological polar surface area (TPSA) is 117 Å². The van der Waals surface area contributed by atoms with Gasteiger partial charge in [0, 0.05) is 28.8 Å². The summed E-state index contributed by atoms with van der Waals surface area (Å²) >= 11 is 12.5. The molecule has 174 valence electrons. The van der Waals surface area contributed by atoms with Crippen LogP contribution in [0, 0.1) is 28.4 Å². The van der Waals surface area contributed by atoms with Crippen molar-refractivity contribution in [2.45, 2.75) is 12.8 Å². The molecule has 1 aromatic heterocycles. The maximum atomic E-state index is 11.9. The lowest BCUT2D eigenvalue weighted by Crippen LogP contribution is -2.37. The molecule has 1 N–H and O–H groups in total. The van der Waals surface area contributed by atoms with E-state index < -0.39 is 10.8 Å². The summed E-state index contributed by atoms with van der Waals surface area (Å²) in [7, 11) is 0. The third-order valence-corrected chi connectivity index (χ3v) is 6.12. The molecule has 0 radical (unpaired) electrons. The van der Waals surface area contributed by atoms with Gasteiger partial charge in [0.2, 0.25) is 11.6 Å². The van der Waals surface area contributed by atoms with Crippen LogP contribution in [-0.4, -0.2) is 41.2 Å². The molecule has 3 aromatic rings. The van der Waals surface area contributed by atoms with Crippen molar-refractivity contribution in [3.05, 3.63) is 79.6 Å². The largest absolute Gasteiger partial charge is 0.378 e. The zero-order chi connectivity index (χ0) is 24.2. The predicted molar refractivity (Wildman–Crippen MR) is 130 cm³/mol. The second-order valence-electron chi connectivity index (χ2n) is 7.68. The van der Waals surface area contributed by atoms with Crippen LogP contribution < -0.4 is 10.2 Å². The first-order chi connectivity index (χ1) is 16.4. The second kappa shape index (κ2) is 10.2. The highest BCUT2D eigenvalue weighted by molar-refractivity contribution is 6.32. The monoisotopic (exact) mass is 498 g/mol. The van der Waals surface area contributed by atoms with E-state index in [1.54, 1.807) is 41.3 Å². The molecule has 1 atom stereocenters. The van der Waals surface area contributed by atoms with E-state index in [1.165, 1.54) is 6.33 Å². The lowest BCUT2D eigenvalue weighted by atomic mass is 9.91. The van der Waals surface area contributed by atoms with E-state index >= 15 is 0 Å². The number of rotatable bonds is 6. The number of morpholine rings is 1. The molecule has 2 aromatic carbocycles. The average Bonchev–Trinajstić information content (AvgIpc) is 2.84. The molecule has 1 fully saturated rings. The van der Waals surface area contributed by atoms with Crippen molar-refractivity contribution in [1.29, 1.82) is 5.26 Å². The minimum atomic E-state index is -0.598. The van der Waals surface area contributed by atoms with Gasteiger partial charge in [0.05, 0.1) is 30.1 Å². The standard InChI is InChI=1S/C23H20Cl2N6O3/c1-14-10-17(18(12-26)15-2-4-16(24)5-3-15)19(25)11-20(14)29-22-21(31(32)33)23(28-13-27-22)30-6-8-34-9-7-30/h2-5,10-11,13,18H,6-9H2,1H3,(H,27,28,29). The Balaban J connectivity index is 1.69. The van der Waals surface area contributed by atoms with E-state index in [0.29, 0.717) is 47.6 Å². The number of hydrogen-bond donors (Lipinski definition) is 1. The van der Waals surface area contributed by atoms with Crippen LogP contribution in [0.3, 0.4) is 0 Å². The first kappa shape index (κ1) is 23.7. The number of hydrogen-bond acceptors (Lipinski definition) is 8. The molecule has 9 nitrogen and oxygen atoms in total. The van der Waals surface area contributed by atoms with Gasteiger partial charge in [0.1, 0.15) is 6.33 Å². The van der Waals surface area contributed by atoms with Gasteiger partial charge in [-0.15, -0.1) is 0 Å². The molecular formula is C23H20Cl2N6O3. The van der Waals surface area contributed by atoms with Crippen LogP contribution in [0.15, 0.2) is 42.7 Å². The second-order valence-corrected chi connectivity index (χ2v) is 8.52. The Kier molecular flexibility index (Phi) is 7.12. The quantitative estimate of drug-likeness (QED) is 0.362. The molecule has 11 heteroatoms. The smallest absolute Gasteiger partial charge is 0.353 e. The van der Waals surface area contributed by atoms with Gasteiger partial charge in [0.15, 0.2) is 0 Å². The summed E-state index contributed by atoms with van der Waals surface area (Å²) in [5.74, 6) is -0.305. The maximum Gasteiger partial charge on any atom is 0.353 e. The van der Waals surface area contributed by atoms with Gasteiger partial charge in [0.25, 0.3) is 0 Å². The highest BCUT2D eigenvalue weighted by Gasteiger charge is 2.29. The Bertz CT molecular complexity index is 1260. The van der Waals surface area contributed by atoms with Crippen LogP contribution in [0.25, 0.3) is 0 Å². The maximum absolute atomic E-state index is 11.9. The molecule has 0 saturated carbocycles. The van der Waals surface area contributed by atoms with Crippen molar-refractivity contribution in [2.24, 2.45) is 0 Å². The molecule has 0 aliphatic carbocycles. The van der Waals surface area contributed by atoms with Gasteiger partial charge in [-0.05, 0) is 41.8 Å². The number of nitro groups is 1. The van der Waals surface area contributed by atoms with Crippen LogP contribution in [0.2, 0.25) is 10.0 Å². The van der Waals surface area contributed by atoms with Crippen molar-refractivity contribution in [1.82, 2.24) is 9.97 Å². The van der Waals surface area contributed by atoms with E-state index in [9.17, 15) is 15.4 Å². The molecule has 1 aliphatic heterocycles. The molecule has 0 amide bonds. The number of anilines is 3. The van der Waals surface area contributed by atoms with E-state index in [2.05, 4.69) is 21.4 Å². The zero-order valence-corrected chi connectivity index (χ0v) is 19.7. The molecule has 2 heterocycles. The van der Waals surface area contributed by atoms with Gasteiger partial charge in [-0.3, -0.25) is 10.1 Å². The Morgan fingerprint density at radius 1 is 1.21 bits per heavy atom. The summed E-state index contributed by atoms with van der Waals surface area (Å²) in [6.07, 6.45) is 1.29. The number of nitrogens with zero attached hydrogens (tertiary/aromatic N) is 5. The van der Waals surface area contributed by atoms with Crippen LogP contribution in [0.1, 0.15) is 22.6 Å². The molecule has 4 rings (SSSR count). The van der Waals surface area contributed by atoms with Crippen molar-refractivity contribution >= 4 is 46.2 Å². The summed E-state index contributed by atoms with van der Waals surface area (Å²) < 4.78 is 5.34. The number of nitrogens with one attached hydrogen (secondary N) is 1. The molecular weight excluding hydrogens is 479 g/mol. The highest BCUT2D eigenvalue weighted by Crippen LogP contribution is 2.38. The minimum absolute atomic E-state index is 0.0583. The van der Waals surface area contributed by atoms with Crippen molar-refractivity contribution < 1.29 is 9.66 Å². The molecule has 1 saturated heterocycles. The first-order valence-electron chi connectivity index (χ1n) is 10.4.